The molecule has 1 aliphatic heterocycles. The molecule has 1 heterocycles. The van der Waals surface area contributed by atoms with E-state index in [1.165, 1.54) is 19.1 Å². The molecule has 0 atom stereocenters. The molecule has 0 fully saturated rings. The highest BCUT2D eigenvalue weighted by molar-refractivity contribution is 7.89. The highest BCUT2D eigenvalue weighted by atomic mass is 32.2. The highest BCUT2D eigenvalue weighted by Crippen LogP contribution is 2.31. The Morgan fingerprint density at radius 2 is 1.69 bits per heavy atom. The van der Waals surface area contributed by atoms with Gasteiger partial charge in [0.05, 0.1) is 18.1 Å². The summed E-state index contributed by atoms with van der Waals surface area (Å²) in [5.41, 5.74) is 1.08. The minimum atomic E-state index is -3.79. The molecule has 0 saturated carbocycles. The molecule has 0 bridgehead atoms. The number of benzene rings is 2. The summed E-state index contributed by atoms with van der Waals surface area (Å²) in [5.74, 6) is 0.489. The van der Waals surface area contributed by atoms with Crippen LogP contribution in [0.4, 0.5) is 5.69 Å². The number of amides is 1. The molecule has 1 amide bonds. The lowest BCUT2D eigenvalue weighted by Gasteiger charge is -2.11. The Morgan fingerprint density at radius 1 is 1.00 bits per heavy atom. The van der Waals surface area contributed by atoms with Crippen LogP contribution in [-0.2, 0) is 14.8 Å². The molecule has 2 aromatic carbocycles. The summed E-state index contributed by atoms with van der Waals surface area (Å²) in [6, 6.07) is 10.9. The van der Waals surface area contributed by atoms with Gasteiger partial charge in [0.15, 0.2) is 17.3 Å². The second-order valence-corrected chi connectivity index (χ2v) is 8.26. The second-order valence-electron chi connectivity index (χ2n) is 6.49. The Kier molecular flexibility index (Phi) is 6.50. The first-order valence-corrected chi connectivity index (χ1v) is 10.6. The van der Waals surface area contributed by atoms with Crippen LogP contribution in [0.5, 0.6) is 11.5 Å². The maximum Gasteiger partial charge on any atom is 0.240 e. The van der Waals surface area contributed by atoms with Crippen LogP contribution in [0.25, 0.3) is 0 Å². The van der Waals surface area contributed by atoms with Gasteiger partial charge in [0, 0.05) is 36.7 Å². The number of anilines is 1. The minimum Gasteiger partial charge on any atom is -0.490 e. The van der Waals surface area contributed by atoms with Crippen molar-refractivity contribution in [3.8, 4) is 11.5 Å². The molecule has 2 N–H and O–H groups in total. The molecular weight excluding hydrogens is 396 g/mol. The number of hydrogen-bond donors (Lipinski definition) is 2. The standard InChI is InChI=1S/C20H22N2O6S/c1-14(23)15-3-5-16(6-4-15)22-20(24)9-10-21-29(25,26)17-7-8-18-19(13-17)28-12-2-11-27-18/h3-8,13,21H,2,9-12H2,1H3,(H,22,24). The van der Waals surface area contributed by atoms with Gasteiger partial charge in [0.2, 0.25) is 15.9 Å². The third-order valence-electron chi connectivity index (χ3n) is 4.25. The van der Waals surface area contributed by atoms with Crippen LogP contribution in [0.15, 0.2) is 47.4 Å². The SMILES string of the molecule is CC(=O)c1ccc(NC(=O)CCNS(=O)(=O)c2ccc3c(c2)OCCCO3)cc1. The summed E-state index contributed by atoms with van der Waals surface area (Å²) in [6.45, 7) is 2.37. The van der Waals surface area contributed by atoms with Crippen LogP contribution < -0.4 is 19.5 Å². The van der Waals surface area contributed by atoms with Crippen molar-refractivity contribution in [3.63, 3.8) is 0 Å². The summed E-state index contributed by atoms with van der Waals surface area (Å²) >= 11 is 0. The molecule has 1 aliphatic rings. The van der Waals surface area contributed by atoms with E-state index < -0.39 is 10.0 Å². The van der Waals surface area contributed by atoms with E-state index in [0.29, 0.717) is 36.0 Å². The number of fused-ring (bicyclic) bond motifs is 1. The summed E-state index contributed by atoms with van der Waals surface area (Å²) in [7, 11) is -3.79. The first-order valence-electron chi connectivity index (χ1n) is 9.15. The number of ether oxygens (including phenoxy) is 2. The molecule has 0 unspecified atom stereocenters. The van der Waals surface area contributed by atoms with Crippen molar-refractivity contribution < 1.29 is 27.5 Å². The molecule has 0 aliphatic carbocycles. The van der Waals surface area contributed by atoms with Crippen molar-refractivity contribution in [2.75, 3.05) is 25.1 Å². The third-order valence-corrected chi connectivity index (χ3v) is 5.71. The summed E-state index contributed by atoms with van der Waals surface area (Å²) in [6.07, 6.45) is 0.680. The molecule has 154 valence electrons. The number of sulfonamides is 1. The second kappa shape index (κ2) is 9.06. The lowest BCUT2D eigenvalue weighted by molar-refractivity contribution is -0.116. The fraction of sp³-hybridized carbons (Fsp3) is 0.300. The van der Waals surface area contributed by atoms with Crippen molar-refractivity contribution in [1.82, 2.24) is 4.72 Å². The van der Waals surface area contributed by atoms with E-state index in [1.54, 1.807) is 30.3 Å². The number of ketones is 1. The van der Waals surface area contributed by atoms with E-state index in [1.807, 2.05) is 0 Å². The summed E-state index contributed by atoms with van der Waals surface area (Å²) in [4.78, 5) is 23.3. The predicted octanol–water partition coefficient (Wildman–Crippen LogP) is 2.36. The number of nitrogens with one attached hydrogen (secondary N) is 2. The lowest BCUT2D eigenvalue weighted by Crippen LogP contribution is -2.27. The Bertz CT molecular complexity index is 1000. The van der Waals surface area contributed by atoms with Crippen LogP contribution in [0.2, 0.25) is 0 Å². The lowest BCUT2D eigenvalue weighted by atomic mass is 10.1. The number of carbonyl (C=O) groups is 2. The average Bonchev–Trinajstić information content (AvgIpc) is 2.93. The van der Waals surface area contributed by atoms with Crippen LogP contribution in [0, 0.1) is 0 Å². The monoisotopic (exact) mass is 418 g/mol. The molecule has 0 saturated heterocycles. The van der Waals surface area contributed by atoms with Crippen LogP contribution in [0.1, 0.15) is 30.1 Å². The Morgan fingerprint density at radius 3 is 2.38 bits per heavy atom. The third kappa shape index (κ3) is 5.55. The van der Waals surface area contributed by atoms with Crippen molar-refractivity contribution in [1.29, 1.82) is 0 Å². The largest absolute Gasteiger partial charge is 0.490 e. The molecule has 2 aromatic rings. The minimum absolute atomic E-state index is 0.0434. The van der Waals surface area contributed by atoms with Gasteiger partial charge in [-0.15, -0.1) is 0 Å². The van der Waals surface area contributed by atoms with Gasteiger partial charge in [-0.05, 0) is 43.3 Å². The maximum absolute atomic E-state index is 12.5. The smallest absolute Gasteiger partial charge is 0.240 e. The van der Waals surface area contributed by atoms with Crippen LogP contribution >= 0.6 is 0 Å². The number of hydrogen-bond acceptors (Lipinski definition) is 6. The number of carbonyl (C=O) groups excluding carboxylic acids is 2. The molecular formula is C20H22N2O6S. The van der Waals surface area contributed by atoms with Gasteiger partial charge >= 0.3 is 0 Å². The molecule has 0 spiro atoms. The van der Waals surface area contributed by atoms with E-state index in [4.69, 9.17) is 9.47 Å². The van der Waals surface area contributed by atoms with Crippen molar-refractivity contribution in [3.05, 3.63) is 48.0 Å². The van der Waals surface area contributed by atoms with Crippen molar-refractivity contribution in [2.45, 2.75) is 24.7 Å². The first-order chi connectivity index (χ1) is 13.8. The van der Waals surface area contributed by atoms with Crippen LogP contribution in [0.3, 0.4) is 0 Å². The van der Waals surface area contributed by atoms with Gasteiger partial charge in [-0.25, -0.2) is 13.1 Å². The van der Waals surface area contributed by atoms with E-state index in [0.717, 1.165) is 6.42 Å². The van der Waals surface area contributed by atoms with E-state index in [2.05, 4.69) is 10.0 Å². The fourth-order valence-corrected chi connectivity index (χ4v) is 3.75. The molecule has 9 heteroatoms. The van der Waals surface area contributed by atoms with Gasteiger partial charge in [0.1, 0.15) is 0 Å². The zero-order valence-corrected chi connectivity index (χ0v) is 16.8. The van der Waals surface area contributed by atoms with Gasteiger partial charge in [-0.3, -0.25) is 9.59 Å². The van der Waals surface area contributed by atoms with Crippen LogP contribution in [-0.4, -0.2) is 39.9 Å². The van der Waals surface area contributed by atoms with Crippen molar-refractivity contribution >= 4 is 27.4 Å². The molecule has 0 aromatic heterocycles. The van der Waals surface area contributed by atoms with Gasteiger partial charge in [0.25, 0.3) is 0 Å². The molecule has 29 heavy (non-hydrogen) atoms. The summed E-state index contributed by atoms with van der Waals surface area (Å²) in [5, 5.41) is 2.66. The normalized spacial score (nSPS) is 13.4. The molecule has 3 rings (SSSR count). The number of rotatable bonds is 7. The van der Waals surface area contributed by atoms with Crippen molar-refractivity contribution in [2.24, 2.45) is 0 Å². The van der Waals surface area contributed by atoms with E-state index in [-0.39, 0.29) is 29.6 Å². The molecule has 0 radical (unpaired) electrons. The average molecular weight is 418 g/mol. The summed E-state index contributed by atoms with van der Waals surface area (Å²) < 4.78 is 38.4. The van der Waals surface area contributed by atoms with Gasteiger partial charge in [-0.2, -0.15) is 0 Å². The first kappa shape index (κ1) is 20.8. The Hall–Kier alpha value is -2.91. The Balaban J connectivity index is 1.54. The fourth-order valence-electron chi connectivity index (χ4n) is 2.70. The zero-order chi connectivity index (χ0) is 20.9. The topological polar surface area (TPSA) is 111 Å². The van der Waals surface area contributed by atoms with E-state index >= 15 is 0 Å². The number of Topliss-reactive ketones (excluding diaryl/α,β-unsaturated/α-hetero) is 1. The van der Waals surface area contributed by atoms with Gasteiger partial charge in [-0.1, -0.05) is 0 Å². The van der Waals surface area contributed by atoms with Gasteiger partial charge < -0.3 is 14.8 Å². The zero-order valence-electron chi connectivity index (χ0n) is 15.9. The predicted molar refractivity (Wildman–Crippen MR) is 107 cm³/mol. The molecule has 8 nitrogen and oxygen atoms in total. The quantitative estimate of drug-likeness (QED) is 0.668. The maximum atomic E-state index is 12.5. The highest BCUT2D eigenvalue weighted by Gasteiger charge is 2.19. The van der Waals surface area contributed by atoms with E-state index in [9.17, 15) is 18.0 Å². The Labute approximate surface area is 169 Å².